The van der Waals surface area contributed by atoms with Crippen molar-refractivity contribution in [3.8, 4) is 5.75 Å². The van der Waals surface area contributed by atoms with E-state index in [1.807, 2.05) is 0 Å². The molecular formula is C23H24N4O6. The third-order valence-electron chi connectivity index (χ3n) is 6.53. The minimum atomic E-state index is -2.13. The molecule has 2 aromatic carbocycles. The number of non-ortho nitro benzene ring substituents is 1. The number of nitro groups is 1. The molecule has 1 fully saturated rings. The molecule has 1 aromatic heterocycles. The maximum absolute atomic E-state index is 13.3. The lowest BCUT2D eigenvalue weighted by Crippen LogP contribution is -2.71. The normalized spacial score (nSPS) is 21.2. The second-order valence-electron chi connectivity index (χ2n) is 8.36. The number of nitrogens with zero attached hydrogens (tertiary/aromatic N) is 3. The van der Waals surface area contributed by atoms with Gasteiger partial charge in [0.15, 0.2) is 0 Å². The summed E-state index contributed by atoms with van der Waals surface area (Å²) < 4.78 is 0. The van der Waals surface area contributed by atoms with Crippen LogP contribution in [0.3, 0.4) is 0 Å². The van der Waals surface area contributed by atoms with Crippen molar-refractivity contribution < 1.29 is 24.7 Å². The zero-order valence-corrected chi connectivity index (χ0v) is 18.4. The van der Waals surface area contributed by atoms with E-state index in [4.69, 9.17) is 0 Å². The Kier molecular flexibility index (Phi) is 5.33. The third kappa shape index (κ3) is 3.48. The van der Waals surface area contributed by atoms with Crippen LogP contribution in [-0.4, -0.2) is 67.6 Å². The number of aromatic hydroxyl groups is 1. The quantitative estimate of drug-likeness (QED) is 0.399. The molecule has 2 amide bonds. The molecule has 33 heavy (non-hydrogen) atoms. The standard InChI is InChI=1S/C23H24N4O6/c1-13-14(6-4-9-19(13)28)11-23(31)22(30)25(2)18(21(29)26(23)3)10-15-12-24-16-7-5-8-17(20(15)16)27(32)33/h4-9,12,18,24,28,31H,10-11H2,1-3H3/t18-,23+/m0/s1. The van der Waals surface area contributed by atoms with Crippen LogP contribution < -0.4 is 0 Å². The summed E-state index contributed by atoms with van der Waals surface area (Å²) in [6, 6.07) is 8.49. The minimum absolute atomic E-state index is 0.0282. The Labute approximate surface area is 189 Å². The van der Waals surface area contributed by atoms with Crippen LogP contribution in [0, 0.1) is 17.0 Å². The Hall–Kier alpha value is -3.92. The van der Waals surface area contributed by atoms with Crippen molar-refractivity contribution in [3.05, 3.63) is 69.4 Å². The van der Waals surface area contributed by atoms with Gasteiger partial charge in [-0.25, -0.2) is 0 Å². The van der Waals surface area contributed by atoms with Crippen LogP contribution in [0.1, 0.15) is 16.7 Å². The number of fused-ring (bicyclic) bond motifs is 1. The maximum Gasteiger partial charge on any atom is 0.279 e. The first-order valence-corrected chi connectivity index (χ1v) is 10.3. The highest BCUT2D eigenvalue weighted by molar-refractivity contribution is 5.99. The maximum atomic E-state index is 13.3. The number of hydrogen-bond acceptors (Lipinski definition) is 6. The number of nitrogens with one attached hydrogen (secondary N) is 1. The Morgan fingerprint density at radius 2 is 1.85 bits per heavy atom. The van der Waals surface area contributed by atoms with Crippen molar-refractivity contribution in [1.82, 2.24) is 14.8 Å². The summed E-state index contributed by atoms with van der Waals surface area (Å²) in [5.74, 6) is -1.14. The number of carbonyl (C=O) groups excluding carboxylic acids is 2. The summed E-state index contributed by atoms with van der Waals surface area (Å²) >= 11 is 0. The molecule has 2 heterocycles. The van der Waals surface area contributed by atoms with Gasteiger partial charge >= 0.3 is 0 Å². The van der Waals surface area contributed by atoms with Crippen LogP contribution in [-0.2, 0) is 22.4 Å². The number of nitro benzene ring substituents is 1. The molecular weight excluding hydrogens is 428 g/mol. The zero-order valence-electron chi connectivity index (χ0n) is 18.4. The van der Waals surface area contributed by atoms with Crippen LogP contribution in [0.4, 0.5) is 5.69 Å². The average molecular weight is 452 g/mol. The van der Waals surface area contributed by atoms with Crippen molar-refractivity contribution in [3.63, 3.8) is 0 Å². The van der Waals surface area contributed by atoms with E-state index in [-0.39, 0.29) is 24.3 Å². The molecule has 4 rings (SSSR count). The smallest absolute Gasteiger partial charge is 0.279 e. The van der Waals surface area contributed by atoms with Crippen molar-refractivity contribution in [2.45, 2.75) is 31.5 Å². The van der Waals surface area contributed by atoms with Crippen molar-refractivity contribution in [1.29, 1.82) is 0 Å². The highest BCUT2D eigenvalue weighted by Gasteiger charge is 2.53. The minimum Gasteiger partial charge on any atom is -0.508 e. The number of hydrogen-bond donors (Lipinski definition) is 3. The fraction of sp³-hybridized carbons (Fsp3) is 0.304. The third-order valence-corrected chi connectivity index (χ3v) is 6.53. The number of rotatable bonds is 5. The predicted octanol–water partition coefficient (Wildman–Crippen LogP) is 1.86. The highest BCUT2D eigenvalue weighted by Crippen LogP contribution is 2.34. The number of aliphatic hydroxyl groups is 1. The fourth-order valence-corrected chi connectivity index (χ4v) is 4.44. The number of aromatic nitrogens is 1. The molecule has 3 aromatic rings. The molecule has 0 aliphatic carbocycles. The second-order valence-corrected chi connectivity index (χ2v) is 8.36. The number of H-pyrrole nitrogens is 1. The number of benzene rings is 2. The summed E-state index contributed by atoms with van der Waals surface area (Å²) in [4.78, 5) is 42.8. The summed E-state index contributed by atoms with van der Waals surface area (Å²) in [5, 5.41) is 33.1. The largest absolute Gasteiger partial charge is 0.508 e. The van der Waals surface area contributed by atoms with Crippen LogP contribution in [0.25, 0.3) is 10.9 Å². The van der Waals surface area contributed by atoms with Crippen LogP contribution in [0.15, 0.2) is 42.6 Å². The molecule has 1 aliphatic rings. The number of amides is 2. The van der Waals surface area contributed by atoms with E-state index < -0.39 is 28.5 Å². The van der Waals surface area contributed by atoms with E-state index in [0.29, 0.717) is 27.6 Å². The van der Waals surface area contributed by atoms with Gasteiger partial charge in [-0.15, -0.1) is 0 Å². The molecule has 2 atom stereocenters. The van der Waals surface area contributed by atoms with E-state index in [1.165, 1.54) is 31.1 Å². The fourth-order valence-electron chi connectivity index (χ4n) is 4.44. The lowest BCUT2D eigenvalue weighted by atomic mass is 9.91. The number of phenols is 1. The summed E-state index contributed by atoms with van der Waals surface area (Å²) in [7, 11) is 2.79. The molecule has 10 nitrogen and oxygen atoms in total. The van der Waals surface area contributed by atoms with E-state index in [9.17, 15) is 29.9 Å². The molecule has 0 bridgehead atoms. The molecule has 3 N–H and O–H groups in total. The Morgan fingerprint density at radius 1 is 1.15 bits per heavy atom. The van der Waals surface area contributed by atoms with E-state index in [1.54, 1.807) is 37.4 Å². The summed E-state index contributed by atoms with van der Waals surface area (Å²) in [5.41, 5.74) is -0.100. The molecule has 0 unspecified atom stereocenters. The topological polar surface area (TPSA) is 140 Å². The first-order chi connectivity index (χ1) is 15.6. The van der Waals surface area contributed by atoms with Gasteiger partial charge in [-0.05, 0) is 35.7 Å². The van der Waals surface area contributed by atoms with Gasteiger partial charge in [-0.2, -0.15) is 0 Å². The van der Waals surface area contributed by atoms with Gasteiger partial charge in [-0.3, -0.25) is 19.7 Å². The van der Waals surface area contributed by atoms with Crippen LogP contribution in [0.5, 0.6) is 5.75 Å². The molecule has 0 radical (unpaired) electrons. The van der Waals surface area contributed by atoms with E-state index in [2.05, 4.69) is 4.98 Å². The number of likely N-dealkylation sites (N-methyl/N-ethyl adjacent to an activating group) is 2. The first kappa shape index (κ1) is 22.3. The van der Waals surface area contributed by atoms with Crippen LogP contribution in [0.2, 0.25) is 0 Å². The van der Waals surface area contributed by atoms with Crippen molar-refractivity contribution in [2.75, 3.05) is 14.1 Å². The van der Waals surface area contributed by atoms with Crippen molar-refractivity contribution in [2.24, 2.45) is 0 Å². The monoisotopic (exact) mass is 452 g/mol. The zero-order chi connectivity index (χ0) is 24.1. The van der Waals surface area contributed by atoms with Crippen molar-refractivity contribution >= 4 is 28.4 Å². The molecule has 10 heteroatoms. The first-order valence-electron chi connectivity index (χ1n) is 10.3. The number of phenolic OH excluding ortho intramolecular Hbond substituents is 1. The highest BCUT2D eigenvalue weighted by atomic mass is 16.6. The average Bonchev–Trinajstić information content (AvgIpc) is 3.20. The van der Waals surface area contributed by atoms with Gasteiger partial charge in [0.1, 0.15) is 11.8 Å². The molecule has 0 spiro atoms. The summed E-state index contributed by atoms with van der Waals surface area (Å²) in [6.45, 7) is 1.67. The van der Waals surface area contributed by atoms with Gasteiger partial charge in [0.25, 0.3) is 11.6 Å². The Morgan fingerprint density at radius 3 is 2.55 bits per heavy atom. The van der Waals surface area contributed by atoms with Gasteiger partial charge in [0.2, 0.25) is 11.6 Å². The predicted molar refractivity (Wildman–Crippen MR) is 119 cm³/mol. The summed E-state index contributed by atoms with van der Waals surface area (Å²) in [6.07, 6.45) is 1.45. The van der Waals surface area contributed by atoms with Gasteiger partial charge in [0, 0.05) is 39.2 Å². The lowest BCUT2D eigenvalue weighted by molar-refractivity contribution is -0.383. The van der Waals surface area contributed by atoms with Gasteiger partial charge in [-0.1, -0.05) is 18.2 Å². The SMILES string of the molecule is Cc1c(O)cccc1C[C@@]1(O)C(=O)N(C)[C@@H](Cc2c[nH]c3cccc([N+](=O)[O-])c23)C(=O)N1C. The van der Waals surface area contributed by atoms with Gasteiger partial charge < -0.3 is 25.0 Å². The van der Waals surface area contributed by atoms with Gasteiger partial charge in [0.05, 0.1) is 15.8 Å². The Bertz CT molecular complexity index is 1290. The number of aromatic amines is 1. The molecule has 1 aliphatic heterocycles. The Balaban J connectivity index is 1.67. The van der Waals surface area contributed by atoms with E-state index in [0.717, 1.165) is 4.90 Å². The number of carbonyl (C=O) groups is 2. The second kappa shape index (κ2) is 7.89. The number of piperazine rings is 1. The van der Waals surface area contributed by atoms with Crippen LogP contribution >= 0.6 is 0 Å². The van der Waals surface area contributed by atoms with E-state index >= 15 is 0 Å². The molecule has 1 saturated heterocycles. The molecule has 0 saturated carbocycles. The lowest BCUT2D eigenvalue weighted by Gasteiger charge is -2.47. The molecule has 172 valence electrons.